The number of fused-ring (bicyclic) bond motifs is 1. The number of nitrogens with one attached hydrogen (secondary N) is 4. The number of halogens is 1. The highest BCUT2D eigenvalue weighted by molar-refractivity contribution is 6.05. The molecule has 4 N–H and O–H groups in total. The van der Waals surface area contributed by atoms with Crippen LogP contribution in [0.15, 0.2) is 33.7 Å². The molecular weight excluding hydrogens is 457 g/mol. The average Bonchev–Trinajstić information content (AvgIpc) is 3.27. The van der Waals surface area contributed by atoms with Crippen molar-refractivity contribution in [3.05, 3.63) is 40.5 Å². The normalized spacial score (nSPS) is 24.1. The Morgan fingerprint density at radius 1 is 1.29 bits per heavy atom. The van der Waals surface area contributed by atoms with Crippen LogP contribution >= 0.6 is 0 Å². The maximum absolute atomic E-state index is 14.5. The number of hydrogen-bond acceptors (Lipinski definition) is 9. The monoisotopic (exact) mass is 485 g/mol. The Labute approximate surface area is 200 Å². The van der Waals surface area contributed by atoms with Gasteiger partial charge in [0.25, 0.3) is 11.5 Å². The minimum atomic E-state index is -1.16. The zero-order valence-corrected chi connectivity index (χ0v) is 19.5. The summed E-state index contributed by atoms with van der Waals surface area (Å²) in [5.41, 5.74) is 1.10. The van der Waals surface area contributed by atoms with Crippen molar-refractivity contribution in [2.45, 2.75) is 43.6 Å². The minimum Gasteiger partial charge on any atom is -0.386 e. The molecule has 186 valence electrons. The molecule has 1 saturated heterocycles. The molecule has 12 heteroatoms. The summed E-state index contributed by atoms with van der Waals surface area (Å²) >= 11 is 0. The first-order chi connectivity index (χ1) is 17.0. The molecule has 0 spiro atoms. The number of carbonyl (C=O) groups is 1. The molecule has 1 unspecified atom stereocenters. The van der Waals surface area contributed by atoms with Gasteiger partial charge in [-0.05, 0) is 37.9 Å². The Bertz CT molecular complexity index is 1290. The number of rotatable bonds is 7. The molecule has 3 aromatic heterocycles. The molecule has 11 nitrogen and oxygen atoms in total. The first-order valence-corrected chi connectivity index (χ1v) is 11.6. The fourth-order valence-corrected chi connectivity index (χ4v) is 4.60. The molecule has 35 heavy (non-hydrogen) atoms. The number of carbonyl (C=O) groups excluding carboxylic acids is 1. The van der Waals surface area contributed by atoms with Gasteiger partial charge in [-0.25, -0.2) is 9.37 Å². The van der Waals surface area contributed by atoms with Crippen molar-refractivity contribution in [1.29, 1.82) is 0 Å². The standard InChI is InChI=1S/C23H28FN7O4/c1-25-15-10-18(27-14-4-3-9-31(23(14)33)16-7-8-26-11-12(16)24)29-20-19(15)30-35-21(20)22(32)28-13-5-6-17(13)34-2/h3-4,9-10,12-13,16-17,25-26H,5-8,11H2,1-2H3,(H,27,29)(H,28,32)/t12-,13-,16?,17-/m1/s1. The Kier molecular flexibility index (Phi) is 6.39. The highest BCUT2D eigenvalue weighted by Crippen LogP contribution is 2.29. The van der Waals surface area contributed by atoms with Gasteiger partial charge in [-0.1, -0.05) is 5.16 Å². The Morgan fingerprint density at radius 3 is 2.86 bits per heavy atom. The van der Waals surface area contributed by atoms with E-state index < -0.39 is 18.1 Å². The van der Waals surface area contributed by atoms with Gasteiger partial charge >= 0.3 is 0 Å². The van der Waals surface area contributed by atoms with E-state index in [-0.39, 0.29) is 41.2 Å². The Balaban J connectivity index is 1.45. The lowest BCUT2D eigenvalue weighted by Gasteiger charge is -2.35. The third kappa shape index (κ3) is 4.34. The van der Waals surface area contributed by atoms with Crippen LogP contribution < -0.4 is 26.8 Å². The third-order valence-electron chi connectivity index (χ3n) is 6.71. The van der Waals surface area contributed by atoms with Gasteiger partial charge in [-0.15, -0.1) is 0 Å². The number of aromatic nitrogens is 3. The van der Waals surface area contributed by atoms with Gasteiger partial charge in [-0.2, -0.15) is 0 Å². The van der Waals surface area contributed by atoms with Crippen molar-refractivity contribution in [3.63, 3.8) is 0 Å². The van der Waals surface area contributed by atoms with Crippen LogP contribution in [0, 0.1) is 0 Å². The zero-order chi connectivity index (χ0) is 24.5. The lowest BCUT2D eigenvalue weighted by molar-refractivity contribution is 0.00678. The van der Waals surface area contributed by atoms with Gasteiger partial charge in [0.2, 0.25) is 5.76 Å². The van der Waals surface area contributed by atoms with Gasteiger partial charge in [-0.3, -0.25) is 9.59 Å². The molecule has 4 atom stereocenters. The number of hydrogen-bond donors (Lipinski definition) is 4. The van der Waals surface area contributed by atoms with Crippen LogP contribution in [-0.4, -0.2) is 66.2 Å². The lowest BCUT2D eigenvalue weighted by atomic mass is 9.89. The SMILES string of the molecule is CNc1cc(Nc2cccn(C3CCNC[C@H]3F)c2=O)nc2c(C(=O)N[C@@H]3CC[C@H]3OC)onc12. The van der Waals surface area contributed by atoms with E-state index in [1.807, 2.05) is 0 Å². The minimum absolute atomic E-state index is 0.0256. The first kappa shape index (κ1) is 23.2. The second kappa shape index (κ2) is 9.62. The zero-order valence-electron chi connectivity index (χ0n) is 19.5. The highest BCUT2D eigenvalue weighted by Gasteiger charge is 2.34. The smallest absolute Gasteiger partial charge is 0.292 e. The molecule has 0 aromatic carbocycles. The van der Waals surface area contributed by atoms with Crippen molar-refractivity contribution in [2.75, 3.05) is 37.9 Å². The van der Waals surface area contributed by atoms with E-state index in [2.05, 4.69) is 31.4 Å². The summed E-state index contributed by atoms with van der Waals surface area (Å²) in [6.45, 7) is 0.853. The van der Waals surface area contributed by atoms with Crippen LogP contribution in [0.25, 0.3) is 11.0 Å². The van der Waals surface area contributed by atoms with Crippen LogP contribution in [0.5, 0.6) is 0 Å². The summed E-state index contributed by atoms with van der Waals surface area (Å²) in [6.07, 6.45) is 2.62. The largest absolute Gasteiger partial charge is 0.386 e. The molecule has 0 bridgehead atoms. The number of pyridine rings is 2. The molecule has 1 amide bonds. The van der Waals surface area contributed by atoms with Gasteiger partial charge in [0.15, 0.2) is 5.52 Å². The molecule has 3 aromatic rings. The quantitative estimate of drug-likeness (QED) is 0.396. The van der Waals surface area contributed by atoms with Crippen molar-refractivity contribution < 1.29 is 18.4 Å². The number of methoxy groups -OCH3 is 1. The van der Waals surface area contributed by atoms with E-state index in [0.29, 0.717) is 30.0 Å². The number of alkyl halides is 1. The van der Waals surface area contributed by atoms with E-state index in [9.17, 15) is 14.0 Å². The lowest BCUT2D eigenvalue weighted by Crippen LogP contribution is -2.51. The van der Waals surface area contributed by atoms with Crippen LogP contribution in [0.3, 0.4) is 0 Å². The van der Waals surface area contributed by atoms with Crippen molar-refractivity contribution in [3.8, 4) is 0 Å². The van der Waals surface area contributed by atoms with E-state index in [1.54, 1.807) is 38.6 Å². The van der Waals surface area contributed by atoms with Crippen molar-refractivity contribution >= 4 is 34.1 Å². The van der Waals surface area contributed by atoms with E-state index >= 15 is 0 Å². The van der Waals surface area contributed by atoms with E-state index in [4.69, 9.17) is 9.26 Å². The number of amides is 1. The maximum atomic E-state index is 14.5. The third-order valence-corrected chi connectivity index (χ3v) is 6.71. The second-order valence-electron chi connectivity index (χ2n) is 8.78. The first-order valence-electron chi connectivity index (χ1n) is 11.6. The van der Waals surface area contributed by atoms with Crippen molar-refractivity contribution in [1.82, 2.24) is 25.3 Å². The summed E-state index contributed by atoms with van der Waals surface area (Å²) in [5.74, 6) is -0.148. The molecule has 1 aliphatic heterocycles. The molecule has 4 heterocycles. The molecular formula is C23H28FN7O4. The van der Waals surface area contributed by atoms with Gasteiger partial charge in [0.05, 0.1) is 23.9 Å². The number of ether oxygens (including phenoxy) is 1. The second-order valence-corrected chi connectivity index (χ2v) is 8.78. The number of anilines is 3. The Morgan fingerprint density at radius 2 is 2.14 bits per heavy atom. The molecule has 1 aliphatic carbocycles. The highest BCUT2D eigenvalue weighted by atomic mass is 19.1. The topological polar surface area (TPSA) is 135 Å². The Hall–Kier alpha value is -3.51. The molecule has 2 fully saturated rings. The van der Waals surface area contributed by atoms with E-state index in [1.165, 1.54) is 4.57 Å². The molecule has 1 saturated carbocycles. The van der Waals surface area contributed by atoms with Crippen LogP contribution in [0.4, 0.5) is 21.6 Å². The predicted molar refractivity (Wildman–Crippen MR) is 128 cm³/mol. The van der Waals surface area contributed by atoms with Gasteiger partial charge in [0, 0.05) is 33.0 Å². The predicted octanol–water partition coefficient (Wildman–Crippen LogP) is 1.95. The molecule has 2 aliphatic rings. The summed E-state index contributed by atoms with van der Waals surface area (Å²) < 4.78 is 26.6. The fourth-order valence-electron chi connectivity index (χ4n) is 4.60. The number of nitrogens with zero attached hydrogens (tertiary/aromatic N) is 3. The van der Waals surface area contributed by atoms with Crippen LogP contribution in [0.2, 0.25) is 0 Å². The van der Waals surface area contributed by atoms with Gasteiger partial charge < -0.3 is 35.1 Å². The van der Waals surface area contributed by atoms with Crippen molar-refractivity contribution in [2.24, 2.45) is 0 Å². The number of piperidine rings is 1. The van der Waals surface area contributed by atoms with Gasteiger partial charge in [0.1, 0.15) is 23.2 Å². The van der Waals surface area contributed by atoms with E-state index in [0.717, 1.165) is 12.8 Å². The molecule has 0 radical (unpaired) electrons. The summed E-state index contributed by atoms with van der Waals surface area (Å²) in [6, 6.07) is 4.33. The maximum Gasteiger partial charge on any atom is 0.292 e. The summed E-state index contributed by atoms with van der Waals surface area (Å²) in [5, 5.41) is 16.0. The van der Waals surface area contributed by atoms with Crippen LogP contribution in [-0.2, 0) is 4.74 Å². The average molecular weight is 486 g/mol. The summed E-state index contributed by atoms with van der Waals surface area (Å²) in [4.78, 5) is 30.5. The summed E-state index contributed by atoms with van der Waals surface area (Å²) in [7, 11) is 3.32. The van der Waals surface area contributed by atoms with Crippen LogP contribution in [0.1, 0.15) is 35.9 Å². The fraction of sp³-hybridized carbons (Fsp3) is 0.478. The molecule has 5 rings (SSSR count).